The summed E-state index contributed by atoms with van der Waals surface area (Å²) in [5.74, 6) is 0.592. The van der Waals surface area contributed by atoms with Crippen molar-refractivity contribution in [3.05, 3.63) is 42.5 Å². The van der Waals surface area contributed by atoms with Gasteiger partial charge in [-0.25, -0.2) is 0 Å². The molecule has 0 aliphatic carbocycles. The topological polar surface area (TPSA) is 88.2 Å². The first-order valence-corrected chi connectivity index (χ1v) is 10.5. The van der Waals surface area contributed by atoms with Crippen LogP contribution < -0.4 is 24.6 Å². The van der Waals surface area contributed by atoms with Crippen molar-refractivity contribution >= 4 is 34.8 Å². The van der Waals surface area contributed by atoms with Crippen molar-refractivity contribution in [1.82, 2.24) is 0 Å². The van der Waals surface area contributed by atoms with Crippen LogP contribution in [0.4, 0.5) is 17.1 Å². The number of nitrogens with one attached hydrogen (secondary N) is 1. The third kappa shape index (κ3) is 3.81. The first-order chi connectivity index (χ1) is 15.1. The second-order valence-electron chi connectivity index (χ2n) is 7.92. The molecule has 0 aromatic heterocycles. The summed E-state index contributed by atoms with van der Waals surface area (Å²) in [7, 11) is 0. The highest BCUT2D eigenvalue weighted by Gasteiger charge is 2.35. The highest BCUT2D eigenvalue weighted by atomic mass is 16.6. The second kappa shape index (κ2) is 7.94. The van der Waals surface area contributed by atoms with Gasteiger partial charge in [0.1, 0.15) is 13.2 Å². The Balaban J connectivity index is 1.27. The average Bonchev–Trinajstić information content (AvgIpc) is 3.39. The Bertz CT molecular complexity index is 1050. The monoisotopic (exact) mass is 421 g/mol. The fourth-order valence-electron chi connectivity index (χ4n) is 4.25. The maximum atomic E-state index is 12.9. The number of amides is 3. The van der Waals surface area contributed by atoms with Gasteiger partial charge in [-0.05, 0) is 36.8 Å². The largest absolute Gasteiger partial charge is 0.486 e. The number of fused-ring (bicyclic) bond motifs is 1. The molecule has 8 nitrogen and oxygen atoms in total. The van der Waals surface area contributed by atoms with Crippen LogP contribution in [0.5, 0.6) is 11.5 Å². The summed E-state index contributed by atoms with van der Waals surface area (Å²) >= 11 is 0. The quantitative estimate of drug-likeness (QED) is 0.820. The van der Waals surface area contributed by atoms with E-state index in [0.717, 1.165) is 12.1 Å². The summed E-state index contributed by atoms with van der Waals surface area (Å²) in [5, 5.41) is 2.90. The molecule has 0 bridgehead atoms. The highest BCUT2D eigenvalue weighted by molar-refractivity contribution is 6.04. The number of anilines is 3. The van der Waals surface area contributed by atoms with Crippen molar-refractivity contribution in [3.8, 4) is 11.5 Å². The molecule has 3 aliphatic rings. The maximum Gasteiger partial charge on any atom is 0.229 e. The summed E-state index contributed by atoms with van der Waals surface area (Å²) in [6.07, 6.45) is 1.54. The maximum absolute atomic E-state index is 12.9. The van der Waals surface area contributed by atoms with Gasteiger partial charge in [-0.1, -0.05) is 6.07 Å². The molecule has 3 heterocycles. The number of carbonyl (C=O) groups is 3. The predicted molar refractivity (Wildman–Crippen MR) is 115 cm³/mol. The first kappa shape index (κ1) is 19.4. The molecule has 2 aromatic rings. The van der Waals surface area contributed by atoms with Gasteiger partial charge in [0.05, 0.1) is 5.92 Å². The number of carbonyl (C=O) groups excluding carboxylic acids is 3. The number of ether oxygens (including phenoxy) is 2. The smallest absolute Gasteiger partial charge is 0.229 e. The van der Waals surface area contributed by atoms with Crippen molar-refractivity contribution < 1.29 is 23.9 Å². The number of rotatable bonds is 4. The first-order valence-electron chi connectivity index (χ1n) is 10.5. The number of hydrogen-bond donors (Lipinski definition) is 1. The third-order valence-corrected chi connectivity index (χ3v) is 5.83. The van der Waals surface area contributed by atoms with E-state index in [-0.39, 0.29) is 24.1 Å². The summed E-state index contributed by atoms with van der Waals surface area (Å²) in [5.41, 5.74) is 2.09. The molecule has 1 atom stereocenters. The summed E-state index contributed by atoms with van der Waals surface area (Å²) in [6, 6.07) is 12.6. The molecule has 2 saturated heterocycles. The zero-order chi connectivity index (χ0) is 21.4. The van der Waals surface area contributed by atoms with Crippen molar-refractivity contribution in [3.63, 3.8) is 0 Å². The molecule has 3 aliphatic heterocycles. The lowest BCUT2D eigenvalue weighted by Crippen LogP contribution is -2.28. The van der Waals surface area contributed by atoms with Gasteiger partial charge < -0.3 is 24.6 Å². The van der Waals surface area contributed by atoms with Crippen LogP contribution in [0.1, 0.15) is 19.3 Å². The highest BCUT2D eigenvalue weighted by Crippen LogP contribution is 2.36. The van der Waals surface area contributed by atoms with E-state index in [1.54, 1.807) is 34.1 Å². The Morgan fingerprint density at radius 3 is 2.55 bits per heavy atom. The van der Waals surface area contributed by atoms with Crippen molar-refractivity contribution in [2.24, 2.45) is 5.92 Å². The predicted octanol–water partition coefficient (Wildman–Crippen LogP) is 2.58. The lowest BCUT2D eigenvalue weighted by molar-refractivity contribution is -0.122. The van der Waals surface area contributed by atoms with Gasteiger partial charge in [-0.15, -0.1) is 0 Å². The standard InChI is InChI=1S/C23H23N3O5/c27-21-5-2-8-25(21)17-4-1-3-16(12-17)24-23(29)15-11-22(28)26(14-15)18-6-7-19-20(13-18)31-10-9-30-19/h1,3-4,6-7,12-13,15H,2,5,8-11,14H2,(H,24,29)/t15-/m0/s1. The average molecular weight is 421 g/mol. The van der Waals surface area contributed by atoms with Crippen LogP contribution in [-0.2, 0) is 14.4 Å². The van der Waals surface area contributed by atoms with E-state index in [0.29, 0.717) is 55.6 Å². The summed E-state index contributed by atoms with van der Waals surface area (Å²) in [4.78, 5) is 40.8. The minimum Gasteiger partial charge on any atom is -0.486 e. The molecule has 8 heteroatoms. The van der Waals surface area contributed by atoms with Gasteiger partial charge in [-0.3, -0.25) is 14.4 Å². The molecular weight excluding hydrogens is 398 g/mol. The Hall–Kier alpha value is -3.55. The second-order valence-corrected chi connectivity index (χ2v) is 7.92. The van der Waals surface area contributed by atoms with E-state index in [1.807, 2.05) is 18.2 Å². The van der Waals surface area contributed by atoms with Crippen LogP contribution in [0.2, 0.25) is 0 Å². The molecule has 2 aromatic carbocycles. The molecule has 0 saturated carbocycles. The van der Waals surface area contributed by atoms with Gasteiger partial charge in [0.25, 0.3) is 0 Å². The number of hydrogen-bond acceptors (Lipinski definition) is 5. The van der Waals surface area contributed by atoms with Gasteiger partial charge in [0, 0.05) is 49.1 Å². The molecule has 160 valence electrons. The molecule has 5 rings (SSSR count). The normalized spacial score (nSPS) is 20.3. The lowest BCUT2D eigenvalue weighted by Gasteiger charge is -2.22. The van der Waals surface area contributed by atoms with Crippen molar-refractivity contribution in [2.45, 2.75) is 19.3 Å². The molecule has 0 radical (unpaired) electrons. The van der Waals surface area contributed by atoms with Gasteiger partial charge >= 0.3 is 0 Å². The molecule has 2 fully saturated rings. The molecular formula is C23H23N3O5. The van der Waals surface area contributed by atoms with E-state index >= 15 is 0 Å². The van der Waals surface area contributed by atoms with Gasteiger partial charge in [0.2, 0.25) is 17.7 Å². The molecule has 3 amide bonds. The van der Waals surface area contributed by atoms with Crippen LogP contribution in [0.25, 0.3) is 0 Å². The van der Waals surface area contributed by atoms with Crippen LogP contribution in [0.3, 0.4) is 0 Å². The summed E-state index contributed by atoms with van der Waals surface area (Å²) in [6.45, 7) is 1.97. The zero-order valence-electron chi connectivity index (χ0n) is 17.0. The van der Waals surface area contributed by atoms with Crippen LogP contribution in [0.15, 0.2) is 42.5 Å². The van der Waals surface area contributed by atoms with Crippen LogP contribution in [-0.4, -0.2) is 44.0 Å². The Morgan fingerprint density at radius 2 is 1.74 bits per heavy atom. The Kier molecular flexibility index (Phi) is 4.97. The molecule has 31 heavy (non-hydrogen) atoms. The summed E-state index contributed by atoms with van der Waals surface area (Å²) < 4.78 is 11.1. The molecule has 1 N–H and O–H groups in total. The van der Waals surface area contributed by atoms with Gasteiger partial charge in [-0.2, -0.15) is 0 Å². The van der Waals surface area contributed by atoms with E-state index in [1.165, 1.54) is 0 Å². The fourth-order valence-corrected chi connectivity index (χ4v) is 4.25. The Morgan fingerprint density at radius 1 is 0.935 bits per heavy atom. The molecule has 0 spiro atoms. The number of benzene rings is 2. The van der Waals surface area contributed by atoms with E-state index in [9.17, 15) is 14.4 Å². The minimum absolute atomic E-state index is 0.0972. The fraction of sp³-hybridized carbons (Fsp3) is 0.348. The van der Waals surface area contributed by atoms with E-state index < -0.39 is 5.92 Å². The lowest BCUT2D eigenvalue weighted by atomic mass is 10.1. The SMILES string of the molecule is O=C(Nc1cccc(N2CCCC2=O)c1)[C@H]1CC(=O)N(c2ccc3c(c2)OCCO3)C1. The van der Waals surface area contributed by atoms with Crippen LogP contribution >= 0.6 is 0 Å². The third-order valence-electron chi connectivity index (χ3n) is 5.83. The van der Waals surface area contributed by atoms with Crippen molar-refractivity contribution in [1.29, 1.82) is 0 Å². The minimum atomic E-state index is -0.460. The number of nitrogens with zero attached hydrogens (tertiary/aromatic N) is 2. The van der Waals surface area contributed by atoms with E-state index in [4.69, 9.17) is 9.47 Å². The zero-order valence-corrected chi connectivity index (χ0v) is 17.0. The molecule has 0 unspecified atom stereocenters. The van der Waals surface area contributed by atoms with E-state index in [2.05, 4.69) is 5.32 Å². The van der Waals surface area contributed by atoms with Crippen LogP contribution in [0, 0.1) is 5.92 Å². The Labute approximate surface area is 179 Å². The van der Waals surface area contributed by atoms with Gasteiger partial charge in [0.15, 0.2) is 11.5 Å². The van der Waals surface area contributed by atoms with Crippen molar-refractivity contribution in [2.75, 3.05) is 41.4 Å².